The molecule has 0 saturated heterocycles. The van der Waals surface area contributed by atoms with Crippen molar-refractivity contribution in [1.82, 2.24) is 0 Å². The SMILES string of the molecule is CCC(C)Cc1ccc(O)c2c1C[C@]1(C)C[C@]3(C)C(C(C)C)C(O)=C(C(C)=O)C(=O)[C@]3(O)C(O)=C1C2=O. The molecule has 7 nitrogen and oxygen atoms in total. The van der Waals surface area contributed by atoms with E-state index < -0.39 is 51.0 Å². The van der Waals surface area contributed by atoms with E-state index in [0.29, 0.717) is 24.3 Å². The molecule has 3 aliphatic carbocycles. The number of carbonyl (C=O) groups is 3. The van der Waals surface area contributed by atoms with E-state index in [0.717, 1.165) is 18.9 Å². The highest BCUT2D eigenvalue weighted by atomic mass is 16.3. The minimum absolute atomic E-state index is 0.0841. The van der Waals surface area contributed by atoms with E-state index in [4.69, 9.17) is 0 Å². The van der Waals surface area contributed by atoms with Gasteiger partial charge in [0.05, 0.1) is 5.56 Å². The summed E-state index contributed by atoms with van der Waals surface area (Å²) in [4.78, 5) is 40.1. The number of aliphatic hydroxyl groups is 3. The molecule has 3 aliphatic rings. The zero-order valence-corrected chi connectivity index (χ0v) is 22.7. The van der Waals surface area contributed by atoms with Crippen LogP contribution >= 0.6 is 0 Å². The predicted octanol–water partition coefficient (Wildman–Crippen LogP) is 4.94. The number of hydrogen-bond donors (Lipinski definition) is 4. The first-order valence-corrected chi connectivity index (χ1v) is 13.1. The van der Waals surface area contributed by atoms with Gasteiger partial charge >= 0.3 is 0 Å². The molecule has 4 N–H and O–H groups in total. The van der Waals surface area contributed by atoms with Crippen LogP contribution < -0.4 is 0 Å². The minimum Gasteiger partial charge on any atom is -0.511 e. The van der Waals surface area contributed by atoms with E-state index in [-0.39, 0.29) is 35.0 Å². The van der Waals surface area contributed by atoms with Crippen molar-refractivity contribution < 1.29 is 34.8 Å². The number of rotatable bonds is 5. The summed E-state index contributed by atoms with van der Waals surface area (Å²) < 4.78 is 0. The molecule has 0 spiro atoms. The van der Waals surface area contributed by atoms with Crippen LogP contribution in [0.5, 0.6) is 5.75 Å². The Morgan fingerprint density at radius 1 is 1.11 bits per heavy atom. The average Bonchev–Trinajstić information content (AvgIpc) is 2.77. The summed E-state index contributed by atoms with van der Waals surface area (Å²) in [5.41, 5.74) is -3.90. The van der Waals surface area contributed by atoms with Crippen LogP contribution in [-0.4, -0.2) is 43.4 Å². The van der Waals surface area contributed by atoms with E-state index in [1.807, 2.05) is 26.8 Å². The summed E-state index contributed by atoms with van der Waals surface area (Å²) in [6, 6.07) is 3.31. The summed E-state index contributed by atoms with van der Waals surface area (Å²) in [7, 11) is 0. The van der Waals surface area contributed by atoms with Crippen molar-refractivity contribution >= 4 is 17.3 Å². The Bertz CT molecular complexity index is 1280. The number of phenolic OH excluding ortho intramolecular Hbond substituents is 1. The first-order valence-electron chi connectivity index (χ1n) is 13.1. The molecule has 0 saturated carbocycles. The second-order valence-corrected chi connectivity index (χ2v) is 12.3. The highest BCUT2D eigenvalue weighted by molar-refractivity contribution is 6.25. The summed E-state index contributed by atoms with van der Waals surface area (Å²) in [6.45, 7) is 12.4. The summed E-state index contributed by atoms with van der Waals surface area (Å²) in [6.07, 6.45) is 2.07. The molecule has 5 atom stereocenters. The van der Waals surface area contributed by atoms with Crippen molar-refractivity contribution in [3.05, 3.63) is 51.5 Å². The molecule has 4 rings (SSSR count). The van der Waals surface area contributed by atoms with Gasteiger partial charge in [0.25, 0.3) is 0 Å². The maximum Gasteiger partial charge on any atom is 0.209 e. The molecule has 0 amide bonds. The highest BCUT2D eigenvalue weighted by Crippen LogP contribution is 2.65. The minimum atomic E-state index is -2.58. The highest BCUT2D eigenvalue weighted by Gasteiger charge is 2.71. The molecule has 0 aliphatic heterocycles. The number of benzene rings is 1. The van der Waals surface area contributed by atoms with E-state index >= 15 is 0 Å². The number of allylic oxidation sites excluding steroid dienone is 2. The zero-order valence-electron chi connectivity index (χ0n) is 22.7. The zero-order chi connectivity index (χ0) is 27.8. The van der Waals surface area contributed by atoms with Gasteiger partial charge in [-0.3, -0.25) is 14.4 Å². The van der Waals surface area contributed by atoms with Crippen LogP contribution in [0, 0.1) is 28.6 Å². The Hall–Kier alpha value is -2.93. The number of aromatic hydroxyl groups is 1. The molecule has 0 bridgehead atoms. The molecular formula is C30H38O7. The first kappa shape index (κ1) is 27.1. The van der Waals surface area contributed by atoms with Crippen LogP contribution in [0.15, 0.2) is 34.8 Å². The molecule has 7 heteroatoms. The molecule has 37 heavy (non-hydrogen) atoms. The smallest absolute Gasteiger partial charge is 0.209 e. The summed E-state index contributed by atoms with van der Waals surface area (Å²) in [5.74, 6) is -4.60. The number of ketones is 3. The largest absolute Gasteiger partial charge is 0.511 e. The molecule has 1 aromatic carbocycles. The second-order valence-electron chi connectivity index (χ2n) is 12.3. The topological polar surface area (TPSA) is 132 Å². The lowest BCUT2D eigenvalue weighted by molar-refractivity contribution is -0.171. The Labute approximate surface area is 217 Å². The standard InChI is InChI=1S/C30H38O7/c1-8-15(4)11-17-9-10-19(32)21-18(17)12-28(6)13-29(7)22(14(2)3)24(33)20(16(5)31)26(35)30(29,37)27(36)23(28)25(21)34/h9-10,14-15,22,32-33,36-37H,8,11-13H2,1-7H3/t15?,22?,28-,29-,30+/m1/s1. The number of carbonyl (C=O) groups excluding carboxylic acids is 3. The Kier molecular flexibility index (Phi) is 6.27. The summed E-state index contributed by atoms with van der Waals surface area (Å²) >= 11 is 0. The quantitative estimate of drug-likeness (QED) is 0.413. The van der Waals surface area contributed by atoms with Crippen LogP contribution in [0.2, 0.25) is 0 Å². The maximum atomic E-state index is 14.0. The fourth-order valence-corrected chi connectivity index (χ4v) is 7.50. The van der Waals surface area contributed by atoms with Gasteiger partial charge in [0, 0.05) is 22.3 Å². The predicted molar refractivity (Wildman–Crippen MR) is 138 cm³/mol. The maximum absolute atomic E-state index is 14.0. The molecule has 0 heterocycles. The number of aliphatic hydroxyl groups excluding tert-OH is 2. The molecular weight excluding hydrogens is 472 g/mol. The summed E-state index contributed by atoms with van der Waals surface area (Å²) in [5, 5.41) is 45.6. The van der Waals surface area contributed by atoms with Gasteiger partial charge in [-0.05, 0) is 55.2 Å². The van der Waals surface area contributed by atoms with Crippen LogP contribution in [0.25, 0.3) is 0 Å². The van der Waals surface area contributed by atoms with Crippen molar-refractivity contribution in [2.45, 2.75) is 79.8 Å². The molecule has 2 unspecified atom stereocenters. The molecule has 200 valence electrons. The third-order valence-electron chi connectivity index (χ3n) is 9.25. The van der Waals surface area contributed by atoms with Crippen LogP contribution in [0.1, 0.15) is 82.8 Å². The van der Waals surface area contributed by atoms with Crippen LogP contribution in [0.3, 0.4) is 0 Å². The fraction of sp³-hybridized carbons (Fsp3) is 0.567. The number of phenols is 1. The fourth-order valence-electron chi connectivity index (χ4n) is 7.50. The third-order valence-corrected chi connectivity index (χ3v) is 9.25. The lowest BCUT2D eigenvalue weighted by Crippen LogP contribution is -2.67. The normalized spacial score (nSPS) is 32.3. The van der Waals surface area contributed by atoms with E-state index in [9.17, 15) is 34.8 Å². The Morgan fingerprint density at radius 2 is 1.73 bits per heavy atom. The van der Waals surface area contributed by atoms with Gasteiger partial charge in [-0.1, -0.05) is 54.0 Å². The Balaban J connectivity index is 2.03. The van der Waals surface area contributed by atoms with Gasteiger partial charge in [-0.15, -0.1) is 0 Å². The van der Waals surface area contributed by atoms with Crippen molar-refractivity contribution in [1.29, 1.82) is 0 Å². The average molecular weight is 511 g/mol. The van der Waals surface area contributed by atoms with Crippen molar-refractivity contribution in [3.63, 3.8) is 0 Å². The number of hydrogen-bond acceptors (Lipinski definition) is 7. The molecule has 0 aromatic heterocycles. The van der Waals surface area contributed by atoms with Crippen molar-refractivity contribution in [2.75, 3.05) is 0 Å². The van der Waals surface area contributed by atoms with E-state index in [2.05, 4.69) is 13.8 Å². The van der Waals surface area contributed by atoms with Gasteiger partial charge in [-0.2, -0.15) is 0 Å². The van der Waals surface area contributed by atoms with Crippen LogP contribution in [-0.2, 0) is 22.4 Å². The monoisotopic (exact) mass is 510 g/mol. The molecule has 1 aromatic rings. The third kappa shape index (κ3) is 3.46. The van der Waals surface area contributed by atoms with Gasteiger partial charge in [0.1, 0.15) is 22.8 Å². The second kappa shape index (κ2) is 8.55. The Morgan fingerprint density at radius 3 is 2.27 bits per heavy atom. The van der Waals surface area contributed by atoms with Gasteiger partial charge in [0.15, 0.2) is 17.2 Å². The van der Waals surface area contributed by atoms with E-state index in [1.165, 1.54) is 6.07 Å². The molecule has 0 fully saturated rings. The van der Waals surface area contributed by atoms with Gasteiger partial charge in [0.2, 0.25) is 5.78 Å². The lowest BCUT2D eigenvalue weighted by Gasteiger charge is -2.59. The van der Waals surface area contributed by atoms with Gasteiger partial charge in [-0.25, -0.2) is 0 Å². The number of Topliss-reactive ketones (excluding diaryl/α,β-unsaturated/α-hetero) is 3. The van der Waals surface area contributed by atoms with E-state index in [1.54, 1.807) is 6.92 Å². The van der Waals surface area contributed by atoms with Crippen molar-refractivity contribution in [2.24, 2.45) is 28.6 Å². The van der Waals surface area contributed by atoms with Crippen molar-refractivity contribution in [3.8, 4) is 5.75 Å². The number of fused-ring (bicyclic) bond motifs is 3. The first-order chi connectivity index (χ1) is 17.1. The van der Waals surface area contributed by atoms with Crippen LogP contribution in [0.4, 0.5) is 0 Å². The van der Waals surface area contributed by atoms with Gasteiger partial charge < -0.3 is 20.4 Å². The lowest BCUT2D eigenvalue weighted by atomic mass is 9.44. The molecule has 0 radical (unpaired) electrons.